The van der Waals surface area contributed by atoms with Gasteiger partial charge in [0, 0.05) is 34.4 Å². The summed E-state index contributed by atoms with van der Waals surface area (Å²) >= 11 is 3.29. The van der Waals surface area contributed by atoms with E-state index in [1.807, 2.05) is 29.7 Å². The van der Waals surface area contributed by atoms with E-state index in [1.165, 1.54) is 4.88 Å². The van der Waals surface area contributed by atoms with Crippen LogP contribution in [-0.2, 0) is 9.53 Å². The Labute approximate surface area is 126 Å². The van der Waals surface area contributed by atoms with Crippen molar-refractivity contribution in [1.82, 2.24) is 5.32 Å². The molecular formula is C15H17NO2S2. The summed E-state index contributed by atoms with van der Waals surface area (Å²) in [5.74, 6) is -0.103. The summed E-state index contributed by atoms with van der Waals surface area (Å²) in [6.07, 6.45) is 3.28. The molecule has 2 aromatic rings. The molecule has 0 aliphatic rings. The maximum Gasteiger partial charge on any atom is 0.244 e. The molecule has 1 atom stereocenters. The zero-order chi connectivity index (χ0) is 14.4. The number of hydrogen-bond donors (Lipinski definition) is 1. The van der Waals surface area contributed by atoms with Crippen LogP contribution < -0.4 is 5.32 Å². The first-order chi connectivity index (χ1) is 9.69. The van der Waals surface area contributed by atoms with Gasteiger partial charge in [-0.1, -0.05) is 6.07 Å². The summed E-state index contributed by atoms with van der Waals surface area (Å²) in [5, 5.41) is 4.85. The highest BCUT2D eigenvalue weighted by atomic mass is 32.1. The summed E-state index contributed by atoms with van der Waals surface area (Å²) in [7, 11) is 1.66. The maximum atomic E-state index is 11.7. The second-order valence-electron chi connectivity index (χ2n) is 4.27. The van der Waals surface area contributed by atoms with Gasteiger partial charge in [0.2, 0.25) is 5.91 Å². The summed E-state index contributed by atoms with van der Waals surface area (Å²) in [5.41, 5.74) is 0. The zero-order valence-electron chi connectivity index (χ0n) is 11.5. The third-order valence-electron chi connectivity index (χ3n) is 2.77. The lowest BCUT2D eigenvalue weighted by Gasteiger charge is -2.13. The van der Waals surface area contributed by atoms with E-state index in [1.54, 1.807) is 35.9 Å². The van der Waals surface area contributed by atoms with Crippen molar-refractivity contribution in [2.45, 2.75) is 13.0 Å². The van der Waals surface area contributed by atoms with Gasteiger partial charge in [0.25, 0.3) is 0 Å². The van der Waals surface area contributed by atoms with Gasteiger partial charge < -0.3 is 10.1 Å². The Hall–Kier alpha value is -1.43. The number of amides is 1. The fraction of sp³-hybridized carbons (Fsp3) is 0.267. The van der Waals surface area contributed by atoms with E-state index in [9.17, 15) is 4.79 Å². The second-order valence-corrected chi connectivity index (χ2v) is 6.57. The van der Waals surface area contributed by atoms with Crippen molar-refractivity contribution in [3.05, 3.63) is 50.4 Å². The van der Waals surface area contributed by atoms with Crippen molar-refractivity contribution in [3.63, 3.8) is 0 Å². The number of nitrogens with one attached hydrogen (secondary N) is 1. The first-order valence-electron chi connectivity index (χ1n) is 6.27. The Kier molecular flexibility index (Phi) is 5.52. The third-order valence-corrected chi connectivity index (χ3v) is 4.70. The lowest BCUT2D eigenvalue weighted by Crippen LogP contribution is -2.27. The van der Waals surface area contributed by atoms with E-state index < -0.39 is 0 Å². The monoisotopic (exact) mass is 307 g/mol. The Morgan fingerprint density at radius 3 is 2.90 bits per heavy atom. The quantitative estimate of drug-likeness (QED) is 0.828. The van der Waals surface area contributed by atoms with Crippen LogP contribution >= 0.6 is 22.7 Å². The summed E-state index contributed by atoms with van der Waals surface area (Å²) in [4.78, 5) is 15.2. The van der Waals surface area contributed by atoms with Crippen LogP contribution in [0.25, 0.3) is 6.08 Å². The highest BCUT2D eigenvalue weighted by Gasteiger charge is 2.13. The molecule has 0 unspecified atom stereocenters. The summed E-state index contributed by atoms with van der Waals surface area (Å²) in [6, 6.07) is 8.04. The van der Waals surface area contributed by atoms with Crippen molar-refractivity contribution < 1.29 is 9.53 Å². The molecule has 5 heteroatoms. The molecule has 0 radical (unpaired) electrons. The lowest BCUT2D eigenvalue weighted by molar-refractivity contribution is -0.117. The molecule has 0 fully saturated rings. The largest absolute Gasteiger partial charge is 0.374 e. The number of rotatable bonds is 6. The first kappa shape index (κ1) is 15.0. The van der Waals surface area contributed by atoms with Crippen LogP contribution in [0, 0.1) is 6.92 Å². The molecule has 20 heavy (non-hydrogen) atoms. The predicted molar refractivity (Wildman–Crippen MR) is 85.2 cm³/mol. The minimum absolute atomic E-state index is 0.0900. The van der Waals surface area contributed by atoms with Crippen molar-refractivity contribution in [2.24, 2.45) is 0 Å². The molecular weight excluding hydrogens is 290 g/mol. The van der Waals surface area contributed by atoms with Gasteiger partial charge in [-0.2, -0.15) is 0 Å². The SMILES string of the molecule is CO[C@H](CNC(=O)/C=C/c1cccs1)c1ccc(C)s1. The van der Waals surface area contributed by atoms with Crippen LogP contribution in [0.4, 0.5) is 0 Å². The number of ether oxygens (including phenoxy) is 1. The Balaban J connectivity index is 1.85. The summed E-state index contributed by atoms with van der Waals surface area (Å²) < 4.78 is 5.42. The van der Waals surface area contributed by atoms with E-state index in [2.05, 4.69) is 18.3 Å². The highest BCUT2D eigenvalue weighted by Crippen LogP contribution is 2.24. The molecule has 0 saturated carbocycles. The lowest BCUT2D eigenvalue weighted by atomic mass is 10.3. The number of carbonyl (C=O) groups is 1. The molecule has 1 amide bonds. The summed E-state index contributed by atoms with van der Waals surface area (Å²) in [6.45, 7) is 2.54. The van der Waals surface area contributed by atoms with Crippen molar-refractivity contribution in [1.29, 1.82) is 0 Å². The minimum Gasteiger partial charge on any atom is -0.374 e. The molecule has 0 aromatic carbocycles. The van der Waals surface area contributed by atoms with Gasteiger partial charge in [-0.15, -0.1) is 22.7 Å². The molecule has 0 saturated heterocycles. The normalized spacial score (nSPS) is 12.7. The maximum absolute atomic E-state index is 11.7. The van der Waals surface area contributed by atoms with Crippen LogP contribution in [0.15, 0.2) is 35.7 Å². The van der Waals surface area contributed by atoms with Gasteiger partial charge in [0.05, 0.1) is 0 Å². The van der Waals surface area contributed by atoms with Crippen LogP contribution in [0.3, 0.4) is 0 Å². The van der Waals surface area contributed by atoms with Crippen LogP contribution in [0.2, 0.25) is 0 Å². The molecule has 0 bridgehead atoms. The number of hydrogen-bond acceptors (Lipinski definition) is 4. The molecule has 1 N–H and O–H groups in total. The standard InChI is InChI=1S/C15H17NO2S2/c1-11-5-7-14(20-11)13(18-2)10-16-15(17)8-6-12-4-3-9-19-12/h3-9,13H,10H2,1-2H3,(H,16,17)/b8-6+/t13-/m1/s1. The van der Waals surface area contributed by atoms with Gasteiger partial charge in [-0.05, 0) is 36.6 Å². The third kappa shape index (κ3) is 4.30. The van der Waals surface area contributed by atoms with E-state index >= 15 is 0 Å². The van der Waals surface area contributed by atoms with Crippen molar-refractivity contribution in [2.75, 3.05) is 13.7 Å². The van der Waals surface area contributed by atoms with Crippen molar-refractivity contribution in [3.8, 4) is 0 Å². The number of aryl methyl sites for hydroxylation is 1. The molecule has 2 aromatic heterocycles. The first-order valence-corrected chi connectivity index (χ1v) is 7.97. The minimum atomic E-state index is -0.103. The van der Waals surface area contributed by atoms with Gasteiger partial charge >= 0.3 is 0 Å². The van der Waals surface area contributed by atoms with Gasteiger partial charge in [-0.3, -0.25) is 4.79 Å². The number of methoxy groups -OCH3 is 1. The van der Waals surface area contributed by atoms with E-state index in [0.29, 0.717) is 6.54 Å². The van der Waals surface area contributed by atoms with Crippen LogP contribution in [0.1, 0.15) is 20.7 Å². The Morgan fingerprint density at radius 1 is 1.45 bits per heavy atom. The fourth-order valence-electron chi connectivity index (χ4n) is 1.72. The topological polar surface area (TPSA) is 38.3 Å². The Bertz CT molecular complexity index is 572. The van der Waals surface area contributed by atoms with Crippen molar-refractivity contribution >= 4 is 34.7 Å². The average molecular weight is 307 g/mol. The molecule has 3 nitrogen and oxygen atoms in total. The molecule has 0 aliphatic heterocycles. The molecule has 0 spiro atoms. The second kappa shape index (κ2) is 7.38. The number of thiophene rings is 2. The Morgan fingerprint density at radius 2 is 2.30 bits per heavy atom. The van der Waals surface area contributed by atoms with E-state index in [-0.39, 0.29) is 12.0 Å². The average Bonchev–Trinajstić information content (AvgIpc) is 3.09. The zero-order valence-corrected chi connectivity index (χ0v) is 13.1. The van der Waals surface area contributed by atoms with Crippen LogP contribution in [-0.4, -0.2) is 19.6 Å². The van der Waals surface area contributed by atoms with Gasteiger partial charge in [-0.25, -0.2) is 0 Å². The van der Waals surface area contributed by atoms with E-state index in [4.69, 9.17) is 4.74 Å². The van der Waals surface area contributed by atoms with Crippen LogP contribution in [0.5, 0.6) is 0 Å². The molecule has 106 valence electrons. The predicted octanol–water partition coefficient (Wildman–Crippen LogP) is 3.64. The fourth-order valence-corrected chi connectivity index (χ4v) is 3.30. The van der Waals surface area contributed by atoms with Gasteiger partial charge in [0.15, 0.2) is 0 Å². The van der Waals surface area contributed by atoms with E-state index in [0.717, 1.165) is 9.75 Å². The highest BCUT2D eigenvalue weighted by molar-refractivity contribution is 7.12. The smallest absolute Gasteiger partial charge is 0.244 e. The number of carbonyl (C=O) groups excluding carboxylic acids is 1. The molecule has 2 heterocycles. The van der Waals surface area contributed by atoms with Gasteiger partial charge in [0.1, 0.15) is 6.10 Å². The molecule has 2 rings (SSSR count). The molecule has 0 aliphatic carbocycles.